The molecule has 0 radical (unpaired) electrons. The van der Waals surface area contributed by atoms with Crippen molar-refractivity contribution in [3.05, 3.63) is 29.8 Å². The summed E-state index contributed by atoms with van der Waals surface area (Å²) >= 11 is 0. The van der Waals surface area contributed by atoms with E-state index >= 15 is 0 Å². The van der Waals surface area contributed by atoms with Crippen LogP contribution < -0.4 is 4.74 Å². The highest BCUT2D eigenvalue weighted by Gasteiger charge is 2.34. The first-order valence-electron chi connectivity index (χ1n) is 7.21. The van der Waals surface area contributed by atoms with Crippen LogP contribution in [0.4, 0.5) is 0 Å². The van der Waals surface area contributed by atoms with Gasteiger partial charge in [0, 0.05) is 0 Å². The van der Waals surface area contributed by atoms with E-state index in [-0.39, 0.29) is 0 Å². The largest absolute Gasteiger partial charge is 0.493 e. The molecule has 1 atom stereocenters. The van der Waals surface area contributed by atoms with Crippen LogP contribution in [0.3, 0.4) is 0 Å². The van der Waals surface area contributed by atoms with Gasteiger partial charge in [-0.05, 0) is 43.2 Å². The summed E-state index contributed by atoms with van der Waals surface area (Å²) in [5, 5.41) is 10.7. The van der Waals surface area contributed by atoms with E-state index in [1.807, 2.05) is 12.1 Å². The Balaban J connectivity index is 1.77. The van der Waals surface area contributed by atoms with Gasteiger partial charge in [-0.1, -0.05) is 37.5 Å². The predicted molar refractivity (Wildman–Crippen MR) is 71.9 cm³/mol. The molecular weight excluding hydrogens is 224 g/mol. The average Bonchev–Trinajstić information content (AvgIpc) is 2.40. The molecule has 1 unspecified atom stereocenters. The first kappa shape index (κ1) is 12.0. The maximum Gasteiger partial charge on any atom is 0.122 e. The minimum absolute atomic E-state index is 0.423. The quantitative estimate of drug-likeness (QED) is 0.863. The van der Waals surface area contributed by atoms with E-state index in [2.05, 4.69) is 12.1 Å². The molecule has 1 saturated carbocycles. The summed E-state index contributed by atoms with van der Waals surface area (Å²) in [7, 11) is 0. The number of ether oxygens (including phenoxy) is 1. The first-order valence-corrected chi connectivity index (χ1v) is 7.21. The van der Waals surface area contributed by atoms with Crippen LogP contribution in [-0.4, -0.2) is 17.3 Å². The molecule has 1 aliphatic heterocycles. The second kappa shape index (κ2) is 4.93. The van der Waals surface area contributed by atoms with Crippen molar-refractivity contribution < 1.29 is 9.84 Å². The van der Waals surface area contributed by atoms with Gasteiger partial charge < -0.3 is 9.84 Å². The Bertz CT molecular complexity index is 407. The third-order valence-corrected chi connectivity index (χ3v) is 4.49. The lowest BCUT2D eigenvalue weighted by Gasteiger charge is -2.37. The van der Waals surface area contributed by atoms with Crippen LogP contribution >= 0.6 is 0 Å². The van der Waals surface area contributed by atoms with Crippen LogP contribution in [0.25, 0.3) is 0 Å². The van der Waals surface area contributed by atoms with Crippen molar-refractivity contribution in [2.24, 2.45) is 0 Å². The van der Waals surface area contributed by atoms with E-state index in [4.69, 9.17) is 4.74 Å². The molecule has 0 saturated heterocycles. The van der Waals surface area contributed by atoms with E-state index in [0.29, 0.717) is 5.92 Å². The second-order valence-corrected chi connectivity index (χ2v) is 5.86. The number of hydrogen-bond donors (Lipinski definition) is 1. The van der Waals surface area contributed by atoms with Crippen LogP contribution in [-0.2, 0) is 0 Å². The highest BCUT2D eigenvalue weighted by atomic mass is 16.5. The zero-order valence-corrected chi connectivity index (χ0v) is 10.9. The lowest BCUT2D eigenvalue weighted by Crippen LogP contribution is -2.34. The van der Waals surface area contributed by atoms with Crippen molar-refractivity contribution in [1.29, 1.82) is 0 Å². The van der Waals surface area contributed by atoms with Gasteiger partial charge in [-0.3, -0.25) is 0 Å². The van der Waals surface area contributed by atoms with Crippen molar-refractivity contribution >= 4 is 0 Å². The minimum atomic E-state index is -0.423. The normalized spacial score (nSPS) is 26.2. The fourth-order valence-electron chi connectivity index (χ4n) is 3.50. The zero-order chi connectivity index (χ0) is 12.4. The van der Waals surface area contributed by atoms with Gasteiger partial charge >= 0.3 is 0 Å². The standard InChI is InChI=1S/C16H22O2/c17-16(9-4-1-5-10-16)12-13-8-11-18-15-7-3-2-6-14(13)15/h2-3,6-7,13,17H,1,4-5,8-12H2. The molecule has 3 rings (SSSR count). The number of hydrogen-bond acceptors (Lipinski definition) is 2. The van der Waals surface area contributed by atoms with E-state index in [0.717, 1.165) is 38.0 Å². The second-order valence-electron chi connectivity index (χ2n) is 5.86. The van der Waals surface area contributed by atoms with Crippen molar-refractivity contribution in [1.82, 2.24) is 0 Å². The van der Waals surface area contributed by atoms with Crippen LogP contribution in [0, 0.1) is 0 Å². The minimum Gasteiger partial charge on any atom is -0.493 e. The number of fused-ring (bicyclic) bond motifs is 1. The molecule has 2 nitrogen and oxygen atoms in total. The van der Waals surface area contributed by atoms with Crippen LogP contribution in [0.15, 0.2) is 24.3 Å². The molecule has 1 aromatic carbocycles. The predicted octanol–water partition coefficient (Wildman–Crippen LogP) is 3.64. The maximum atomic E-state index is 10.7. The van der Waals surface area contributed by atoms with Gasteiger partial charge in [-0.25, -0.2) is 0 Å². The summed E-state index contributed by atoms with van der Waals surface area (Å²) in [6.45, 7) is 0.789. The van der Waals surface area contributed by atoms with Crippen LogP contribution in [0.5, 0.6) is 5.75 Å². The molecule has 2 aliphatic rings. The van der Waals surface area contributed by atoms with Crippen molar-refractivity contribution in [3.8, 4) is 5.75 Å². The number of para-hydroxylation sites is 1. The SMILES string of the molecule is OC1(CC2CCOc3ccccc32)CCCCC1. The van der Waals surface area contributed by atoms with E-state index in [1.165, 1.54) is 24.8 Å². The number of aliphatic hydroxyl groups is 1. The molecule has 98 valence electrons. The maximum absolute atomic E-state index is 10.7. The number of benzene rings is 1. The van der Waals surface area contributed by atoms with Gasteiger partial charge in [0.1, 0.15) is 5.75 Å². The van der Waals surface area contributed by atoms with Gasteiger partial charge in [0.25, 0.3) is 0 Å². The van der Waals surface area contributed by atoms with Crippen molar-refractivity contribution in [2.75, 3.05) is 6.61 Å². The first-order chi connectivity index (χ1) is 8.77. The molecule has 0 bridgehead atoms. The summed E-state index contributed by atoms with van der Waals surface area (Å²) in [5.41, 5.74) is 0.871. The summed E-state index contributed by atoms with van der Waals surface area (Å²) < 4.78 is 5.69. The Morgan fingerprint density at radius 1 is 1.17 bits per heavy atom. The van der Waals surface area contributed by atoms with E-state index in [1.54, 1.807) is 0 Å². The van der Waals surface area contributed by atoms with E-state index < -0.39 is 5.60 Å². The van der Waals surface area contributed by atoms with Crippen molar-refractivity contribution in [2.45, 2.75) is 56.5 Å². The highest BCUT2D eigenvalue weighted by Crippen LogP contribution is 2.42. The van der Waals surface area contributed by atoms with Gasteiger partial charge in [-0.2, -0.15) is 0 Å². The third-order valence-electron chi connectivity index (χ3n) is 4.49. The van der Waals surface area contributed by atoms with E-state index in [9.17, 15) is 5.11 Å². The Hall–Kier alpha value is -1.02. The van der Waals surface area contributed by atoms with Crippen molar-refractivity contribution in [3.63, 3.8) is 0 Å². The zero-order valence-electron chi connectivity index (χ0n) is 10.9. The lowest BCUT2D eigenvalue weighted by atomic mass is 9.75. The van der Waals surface area contributed by atoms with Gasteiger partial charge in [0.2, 0.25) is 0 Å². The van der Waals surface area contributed by atoms with Crippen LogP contribution in [0.1, 0.15) is 56.4 Å². The Kier molecular flexibility index (Phi) is 3.29. The Labute approximate surface area is 109 Å². The monoisotopic (exact) mass is 246 g/mol. The van der Waals surface area contributed by atoms with Gasteiger partial charge in [-0.15, -0.1) is 0 Å². The molecular formula is C16H22O2. The average molecular weight is 246 g/mol. The molecule has 1 heterocycles. The molecule has 0 spiro atoms. The van der Waals surface area contributed by atoms with Gasteiger partial charge in [0.05, 0.1) is 12.2 Å². The molecule has 18 heavy (non-hydrogen) atoms. The molecule has 1 fully saturated rings. The fourth-order valence-corrected chi connectivity index (χ4v) is 3.50. The Morgan fingerprint density at radius 3 is 2.78 bits per heavy atom. The summed E-state index contributed by atoms with van der Waals surface area (Å²) in [6.07, 6.45) is 7.56. The van der Waals surface area contributed by atoms with Crippen LogP contribution in [0.2, 0.25) is 0 Å². The molecule has 1 aromatic rings. The number of rotatable bonds is 2. The summed E-state index contributed by atoms with van der Waals surface area (Å²) in [6, 6.07) is 8.31. The summed E-state index contributed by atoms with van der Waals surface area (Å²) in [5.74, 6) is 1.49. The molecule has 2 heteroatoms. The lowest BCUT2D eigenvalue weighted by molar-refractivity contribution is -0.0127. The third kappa shape index (κ3) is 2.39. The molecule has 1 N–H and O–H groups in total. The Morgan fingerprint density at radius 2 is 1.94 bits per heavy atom. The smallest absolute Gasteiger partial charge is 0.122 e. The topological polar surface area (TPSA) is 29.5 Å². The molecule has 0 aromatic heterocycles. The summed E-state index contributed by atoms with van der Waals surface area (Å²) in [4.78, 5) is 0. The molecule has 0 amide bonds. The highest BCUT2D eigenvalue weighted by molar-refractivity contribution is 5.37. The molecule has 1 aliphatic carbocycles. The fraction of sp³-hybridized carbons (Fsp3) is 0.625. The van der Waals surface area contributed by atoms with Gasteiger partial charge in [0.15, 0.2) is 0 Å².